The van der Waals surface area contributed by atoms with E-state index in [0.29, 0.717) is 17.9 Å². The quantitative estimate of drug-likeness (QED) is 0.813. The lowest BCUT2D eigenvalue weighted by molar-refractivity contribution is 0.150. The average molecular weight is 224 g/mol. The van der Waals surface area contributed by atoms with E-state index in [1.54, 1.807) is 19.2 Å². The van der Waals surface area contributed by atoms with Gasteiger partial charge in [0.1, 0.15) is 5.75 Å². The summed E-state index contributed by atoms with van der Waals surface area (Å²) >= 11 is 0. The van der Waals surface area contributed by atoms with Crippen molar-refractivity contribution in [3.63, 3.8) is 0 Å². The molecule has 0 aromatic heterocycles. The van der Waals surface area contributed by atoms with Crippen molar-refractivity contribution in [2.24, 2.45) is 0 Å². The van der Waals surface area contributed by atoms with Crippen LogP contribution < -0.4 is 9.47 Å². The fourth-order valence-corrected chi connectivity index (χ4v) is 1.76. The number of aromatic hydroxyl groups is 1. The van der Waals surface area contributed by atoms with Gasteiger partial charge in [-0.05, 0) is 18.9 Å². The molecule has 2 N–H and O–H groups in total. The van der Waals surface area contributed by atoms with Crippen molar-refractivity contribution in [2.75, 3.05) is 14.2 Å². The number of hydrogen-bond donors (Lipinski definition) is 2. The van der Waals surface area contributed by atoms with E-state index in [1.807, 2.05) is 0 Å². The largest absolute Gasteiger partial charge is 0.504 e. The van der Waals surface area contributed by atoms with Gasteiger partial charge in [-0.3, -0.25) is 0 Å². The van der Waals surface area contributed by atoms with E-state index in [9.17, 15) is 10.2 Å². The molecule has 1 aliphatic rings. The average Bonchev–Trinajstić information content (AvgIpc) is 2.96. The van der Waals surface area contributed by atoms with Crippen LogP contribution in [-0.2, 0) is 6.42 Å². The second kappa shape index (κ2) is 3.87. The Morgan fingerprint density at radius 2 is 1.81 bits per heavy atom. The van der Waals surface area contributed by atoms with Gasteiger partial charge >= 0.3 is 0 Å². The maximum absolute atomic E-state index is 9.85. The molecule has 16 heavy (non-hydrogen) atoms. The number of rotatable bonds is 4. The molecule has 0 spiro atoms. The number of phenols is 1. The SMILES string of the molecule is COc1cc(OC)c(CC2(O)CC2)cc1O. The van der Waals surface area contributed by atoms with Gasteiger partial charge in [0, 0.05) is 18.1 Å². The summed E-state index contributed by atoms with van der Waals surface area (Å²) in [5, 5.41) is 19.5. The Bertz CT molecular complexity index is 396. The summed E-state index contributed by atoms with van der Waals surface area (Å²) < 4.78 is 10.2. The van der Waals surface area contributed by atoms with Crippen LogP contribution in [0.3, 0.4) is 0 Å². The summed E-state index contributed by atoms with van der Waals surface area (Å²) in [7, 11) is 3.05. The molecular weight excluding hydrogens is 208 g/mol. The van der Waals surface area contributed by atoms with E-state index < -0.39 is 5.60 Å². The summed E-state index contributed by atoms with van der Waals surface area (Å²) in [5.74, 6) is 1.08. The number of benzene rings is 1. The summed E-state index contributed by atoms with van der Waals surface area (Å²) in [4.78, 5) is 0. The van der Waals surface area contributed by atoms with Gasteiger partial charge < -0.3 is 19.7 Å². The number of aliphatic hydroxyl groups is 1. The highest BCUT2D eigenvalue weighted by Crippen LogP contribution is 2.42. The normalized spacial score (nSPS) is 16.9. The van der Waals surface area contributed by atoms with Crippen molar-refractivity contribution in [1.29, 1.82) is 0 Å². The van der Waals surface area contributed by atoms with Crippen LogP contribution in [0.2, 0.25) is 0 Å². The zero-order valence-corrected chi connectivity index (χ0v) is 9.49. The fraction of sp³-hybridized carbons (Fsp3) is 0.500. The van der Waals surface area contributed by atoms with Crippen molar-refractivity contribution in [2.45, 2.75) is 24.9 Å². The van der Waals surface area contributed by atoms with Crippen molar-refractivity contribution < 1.29 is 19.7 Å². The van der Waals surface area contributed by atoms with Gasteiger partial charge in [0.05, 0.1) is 19.8 Å². The minimum Gasteiger partial charge on any atom is -0.504 e. The molecule has 4 nitrogen and oxygen atoms in total. The molecule has 0 atom stereocenters. The molecule has 0 heterocycles. The van der Waals surface area contributed by atoms with Gasteiger partial charge in [0.25, 0.3) is 0 Å². The molecule has 1 aliphatic carbocycles. The molecule has 0 saturated heterocycles. The topological polar surface area (TPSA) is 58.9 Å². The second-order valence-corrected chi connectivity index (χ2v) is 4.24. The Morgan fingerprint density at radius 3 is 2.31 bits per heavy atom. The molecule has 1 aromatic rings. The molecular formula is C12H16O4. The first-order chi connectivity index (χ1) is 7.58. The van der Waals surface area contributed by atoms with Crippen molar-refractivity contribution in [3.05, 3.63) is 17.7 Å². The first kappa shape index (κ1) is 11.1. The second-order valence-electron chi connectivity index (χ2n) is 4.24. The van der Waals surface area contributed by atoms with Crippen molar-refractivity contribution >= 4 is 0 Å². The Kier molecular flexibility index (Phi) is 2.68. The smallest absolute Gasteiger partial charge is 0.164 e. The van der Waals surface area contributed by atoms with Crippen LogP contribution >= 0.6 is 0 Å². The molecule has 0 aliphatic heterocycles. The minimum absolute atomic E-state index is 0.0718. The summed E-state index contributed by atoms with van der Waals surface area (Å²) in [6.45, 7) is 0. The maximum atomic E-state index is 9.85. The van der Waals surface area contributed by atoms with Crippen LogP contribution in [-0.4, -0.2) is 30.0 Å². The monoisotopic (exact) mass is 224 g/mol. The predicted molar refractivity (Wildman–Crippen MR) is 59.1 cm³/mol. The van der Waals surface area contributed by atoms with Crippen molar-refractivity contribution in [3.8, 4) is 17.2 Å². The van der Waals surface area contributed by atoms with E-state index >= 15 is 0 Å². The van der Waals surface area contributed by atoms with Crippen molar-refractivity contribution in [1.82, 2.24) is 0 Å². The standard InChI is InChI=1S/C12H16O4/c1-15-10-6-11(16-2)9(13)5-8(10)7-12(14)3-4-12/h5-6,13-14H,3-4,7H2,1-2H3. The lowest BCUT2D eigenvalue weighted by atomic mass is 10.0. The Labute approximate surface area is 94.4 Å². The summed E-state index contributed by atoms with van der Waals surface area (Å²) in [6.07, 6.45) is 2.12. The first-order valence-electron chi connectivity index (χ1n) is 5.24. The van der Waals surface area contributed by atoms with Gasteiger partial charge in [-0.2, -0.15) is 0 Å². The molecule has 1 saturated carbocycles. The number of hydrogen-bond acceptors (Lipinski definition) is 4. The van der Waals surface area contributed by atoms with Crippen LogP contribution in [0, 0.1) is 0 Å². The highest BCUT2D eigenvalue weighted by atomic mass is 16.5. The molecule has 88 valence electrons. The van der Waals surface area contributed by atoms with Gasteiger partial charge in [0.15, 0.2) is 11.5 Å². The van der Waals surface area contributed by atoms with E-state index in [1.165, 1.54) is 7.11 Å². The summed E-state index contributed by atoms with van der Waals surface area (Å²) in [5.41, 5.74) is 0.203. The third-order valence-corrected chi connectivity index (χ3v) is 2.93. The zero-order valence-electron chi connectivity index (χ0n) is 9.49. The maximum Gasteiger partial charge on any atom is 0.164 e. The van der Waals surface area contributed by atoms with Crippen LogP contribution in [0.4, 0.5) is 0 Å². The molecule has 0 amide bonds. The Balaban J connectivity index is 2.32. The molecule has 2 rings (SSSR count). The van der Waals surface area contributed by atoms with Gasteiger partial charge in [0.2, 0.25) is 0 Å². The lowest BCUT2D eigenvalue weighted by Crippen LogP contribution is -2.11. The lowest BCUT2D eigenvalue weighted by Gasteiger charge is -2.14. The third-order valence-electron chi connectivity index (χ3n) is 2.93. The molecule has 4 heteroatoms. The molecule has 1 fully saturated rings. The Morgan fingerprint density at radius 1 is 1.19 bits per heavy atom. The number of methoxy groups -OCH3 is 2. The van der Waals surface area contributed by atoms with E-state index in [0.717, 1.165) is 18.4 Å². The van der Waals surface area contributed by atoms with E-state index in [2.05, 4.69) is 0 Å². The Hall–Kier alpha value is -1.42. The van der Waals surface area contributed by atoms with Crippen LogP contribution in [0.5, 0.6) is 17.2 Å². The molecule has 1 aromatic carbocycles. The predicted octanol–water partition coefficient (Wildman–Crippen LogP) is 1.48. The number of ether oxygens (including phenoxy) is 2. The molecule has 0 bridgehead atoms. The fourth-order valence-electron chi connectivity index (χ4n) is 1.76. The summed E-state index contributed by atoms with van der Waals surface area (Å²) in [6, 6.07) is 3.23. The van der Waals surface area contributed by atoms with Gasteiger partial charge in [-0.1, -0.05) is 0 Å². The van der Waals surface area contributed by atoms with Crippen LogP contribution in [0.1, 0.15) is 18.4 Å². The van der Waals surface area contributed by atoms with Crippen LogP contribution in [0.25, 0.3) is 0 Å². The van der Waals surface area contributed by atoms with E-state index in [4.69, 9.17) is 9.47 Å². The molecule has 0 radical (unpaired) electrons. The highest BCUT2D eigenvalue weighted by molar-refractivity contribution is 5.50. The van der Waals surface area contributed by atoms with Gasteiger partial charge in [-0.25, -0.2) is 0 Å². The first-order valence-corrected chi connectivity index (χ1v) is 5.24. The van der Waals surface area contributed by atoms with E-state index in [-0.39, 0.29) is 5.75 Å². The molecule has 0 unspecified atom stereocenters. The van der Waals surface area contributed by atoms with Crippen LogP contribution in [0.15, 0.2) is 12.1 Å². The minimum atomic E-state index is -0.603. The number of phenolic OH excluding ortho intramolecular Hbond substituents is 1. The zero-order chi connectivity index (χ0) is 11.8. The van der Waals surface area contributed by atoms with Gasteiger partial charge in [-0.15, -0.1) is 0 Å². The highest BCUT2D eigenvalue weighted by Gasteiger charge is 2.41. The third kappa shape index (κ3) is 2.07.